The topological polar surface area (TPSA) is 29.9 Å². The van der Waals surface area contributed by atoms with Crippen molar-refractivity contribution in [2.45, 2.75) is 26.3 Å². The third-order valence-electron chi connectivity index (χ3n) is 3.65. The fraction of sp³-hybridized carbons (Fsp3) is 0.278. The zero-order valence-corrected chi connectivity index (χ0v) is 12.4. The van der Waals surface area contributed by atoms with Gasteiger partial charge >= 0.3 is 0 Å². The summed E-state index contributed by atoms with van der Waals surface area (Å²) in [6.07, 6.45) is 2.35. The van der Waals surface area contributed by atoms with Crippen LogP contribution in [0.3, 0.4) is 0 Å². The molecule has 1 aromatic heterocycles. The number of nitrogens with one attached hydrogen (secondary N) is 1. The van der Waals surface area contributed by atoms with Crippen LogP contribution in [0.15, 0.2) is 54.6 Å². The van der Waals surface area contributed by atoms with E-state index in [9.17, 15) is 0 Å². The lowest BCUT2D eigenvalue weighted by molar-refractivity contribution is 0.790. The van der Waals surface area contributed by atoms with Crippen molar-refractivity contribution in [3.05, 3.63) is 60.2 Å². The summed E-state index contributed by atoms with van der Waals surface area (Å²) in [5.74, 6) is 0.966. The summed E-state index contributed by atoms with van der Waals surface area (Å²) in [5.41, 5.74) is 3.52. The Morgan fingerprint density at radius 2 is 1.76 bits per heavy atom. The number of nitrogens with zero attached hydrogens (tertiary/aromatic N) is 2. The summed E-state index contributed by atoms with van der Waals surface area (Å²) in [7, 11) is 0. The second-order valence-corrected chi connectivity index (χ2v) is 5.28. The van der Waals surface area contributed by atoms with E-state index in [0.29, 0.717) is 0 Å². The molecule has 1 heterocycles. The molecule has 0 aliphatic carbocycles. The summed E-state index contributed by atoms with van der Waals surface area (Å²) >= 11 is 0. The highest BCUT2D eigenvalue weighted by atomic mass is 15.2. The lowest BCUT2D eigenvalue weighted by atomic mass is 10.2. The van der Waals surface area contributed by atoms with E-state index in [1.165, 1.54) is 17.5 Å². The highest BCUT2D eigenvalue weighted by molar-refractivity contribution is 5.78. The molecule has 0 fully saturated rings. The Labute approximate surface area is 125 Å². The molecule has 3 aromatic rings. The fourth-order valence-electron chi connectivity index (χ4n) is 2.51. The van der Waals surface area contributed by atoms with Crippen LogP contribution in [0.1, 0.15) is 25.3 Å². The first-order valence-corrected chi connectivity index (χ1v) is 7.61. The van der Waals surface area contributed by atoms with E-state index < -0.39 is 0 Å². The summed E-state index contributed by atoms with van der Waals surface area (Å²) in [4.78, 5) is 4.73. The van der Waals surface area contributed by atoms with E-state index in [1.807, 2.05) is 6.07 Å². The number of rotatable bonds is 6. The van der Waals surface area contributed by atoms with Crippen LogP contribution >= 0.6 is 0 Å². The molecule has 0 spiro atoms. The standard InChI is InChI=1S/C18H21N3/c1-2-3-13-19-18-20-16-11-7-8-12-17(16)21(18)14-15-9-5-4-6-10-15/h4-12H,2-3,13-14H2,1H3,(H,19,20). The molecule has 0 amide bonds. The van der Waals surface area contributed by atoms with Gasteiger partial charge in [-0.3, -0.25) is 0 Å². The third-order valence-corrected chi connectivity index (χ3v) is 3.65. The fourth-order valence-corrected chi connectivity index (χ4v) is 2.51. The van der Waals surface area contributed by atoms with Crippen molar-refractivity contribution in [1.29, 1.82) is 0 Å². The quantitative estimate of drug-likeness (QED) is 0.682. The molecule has 0 saturated heterocycles. The number of anilines is 1. The smallest absolute Gasteiger partial charge is 0.204 e. The maximum atomic E-state index is 4.73. The average Bonchev–Trinajstić information content (AvgIpc) is 2.87. The average molecular weight is 279 g/mol. The van der Waals surface area contributed by atoms with Gasteiger partial charge in [-0.1, -0.05) is 55.8 Å². The van der Waals surface area contributed by atoms with Crippen LogP contribution < -0.4 is 5.32 Å². The monoisotopic (exact) mass is 279 g/mol. The van der Waals surface area contributed by atoms with Gasteiger partial charge in [-0.05, 0) is 24.1 Å². The van der Waals surface area contributed by atoms with E-state index in [-0.39, 0.29) is 0 Å². The zero-order chi connectivity index (χ0) is 14.5. The maximum absolute atomic E-state index is 4.73. The summed E-state index contributed by atoms with van der Waals surface area (Å²) in [6, 6.07) is 18.8. The van der Waals surface area contributed by atoms with Crippen LogP contribution in [-0.2, 0) is 6.54 Å². The predicted molar refractivity (Wildman–Crippen MR) is 88.7 cm³/mol. The van der Waals surface area contributed by atoms with Gasteiger partial charge in [0.2, 0.25) is 5.95 Å². The molecule has 0 radical (unpaired) electrons. The van der Waals surface area contributed by atoms with Crippen molar-refractivity contribution in [2.75, 3.05) is 11.9 Å². The Bertz CT molecular complexity index is 701. The van der Waals surface area contributed by atoms with Gasteiger partial charge in [0, 0.05) is 6.54 Å². The minimum Gasteiger partial charge on any atom is -0.356 e. The van der Waals surface area contributed by atoms with Gasteiger partial charge in [0.15, 0.2) is 0 Å². The molecule has 1 N–H and O–H groups in total. The highest BCUT2D eigenvalue weighted by Gasteiger charge is 2.10. The second kappa shape index (κ2) is 6.44. The van der Waals surface area contributed by atoms with Gasteiger partial charge in [0.05, 0.1) is 17.6 Å². The molecule has 2 aromatic carbocycles. The SMILES string of the molecule is CCCCNc1nc2ccccc2n1Cc1ccccc1. The van der Waals surface area contributed by atoms with Crippen LogP contribution in [0.4, 0.5) is 5.95 Å². The number of hydrogen-bond donors (Lipinski definition) is 1. The molecule has 3 heteroatoms. The minimum absolute atomic E-state index is 0.843. The molecule has 0 saturated carbocycles. The minimum atomic E-state index is 0.843. The van der Waals surface area contributed by atoms with Gasteiger partial charge < -0.3 is 9.88 Å². The predicted octanol–water partition coefficient (Wildman–Crippen LogP) is 4.30. The van der Waals surface area contributed by atoms with E-state index in [4.69, 9.17) is 4.98 Å². The molecular weight excluding hydrogens is 258 g/mol. The van der Waals surface area contributed by atoms with Gasteiger partial charge in [0.1, 0.15) is 0 Å². The Hall–Kier alpha value is -2.29. The second-order valence-electron chi connectivity index (χ2n) is 5.28. The zero-order valence-electron chi connectivity index (χ0n) is 12.4. The van der Waals surface area contributed by atoms with E-state index in [1.54, 1.807) is 0 Å². The van der Waals surface area contributed by atoms with Crippen molar-refractivity contribution in [3.63, 3.8) is 0 Å². The van der Waals surface area contributed by atoms with Crippen molar-refractivity contribution in [1.82, 2.24) is 9.55 Å². The highest BCUT2D eigenvalue weighted by Crippen LogP contribution is 2.21. The molecule has 0 unspecified atom stereocenters. The van der Waals surface area contributed by atoms with Crippen LogP contribution in [-0.4, -0.2) is 16.1 Å². The van der Waals surface area contributed by atoms with Crippen LogP contribution in [0.25, 0.3) is 11.0 Å². The number of para-hydroxylation sites is 2. The first-order valence-electron chi connectivity index (χ1n) is 7.61. The molecule has 3 rings (SSSR count). The van der Waals surface area contributed by atoms with Crippen molar-refractivity contribution < 1.29 is 0 Å². The Balaban J connectivity index is 1.95. The number of imidazole rings is 1. The Morgan fingerprint density at radius 1 is 1.00 bits per heavy atom. The van der Waals surface area contributed by atoms with Gasteiger partial charge in [0.25, 0.3) is 0 Å². The van der Waals surface area contributed by atoms with Crippen molar-refractivity contribution in [3.8, 4) is 0 Å². The third kappa shape index (κ3) is 3.07. The van der Waals surface area contributed by atoms with Crippen molar-refractivity contribution >= 4 is 17.0 Å². The largest absolute Gasteiger partial charge is 0.356 e. The van der Waals surface area contributed by atoms with Crippen LogP contribution in [0, 0.1) is 0 Å². The number of benzene rings is 2. The Kier molecular flexibility index (Phi) is 4.20. The number of unbranched alkanes of at least 4 members (excludes halogenated alkanes) is 1. The number of aromatic nitrogens is 2. The molecule has 0 aliphatic heterocycles. The van der Waals surface area contributed by atoms with Gasteiger partial charge in [-0.25, -0.2) is 4.98 Å². The molecule has 0 atom stereocenters. The van der Waals surface area contributed by atoms with Gasteiger partial charge in [-0.15, -0.1) is 0 Å². The van der Waals surface area contributed by atoms with Crippen LogP contribution in [0.2, 0.25) is 0 Å². The molecule has 21 heavy (non-hydrogen) atoms. The maximum Gasteiger partial charge on any atom is 0.204 e. The lowest BCUT2D eigenvalue weighted by Crippen LogP contribution is -2.09. The number of hydrogen-bond acceptors (Lipinski definition) is 2. The van der Waals surface area contributed by atoms with Gasteiger partial charge in [-0.2, -0.15) is 0 Å². The van der Waals surface area contributed by atoms with Crippen molar-refractivity contribution in [2.24, 2.45) is 0 Å². The Morgan fingerprint density at radius 3 is 2.57 bits per heavy atom. The van der Waals surface area contributed by atoms with E-state index in [2.05, 4.69) is 65.3 Å². The normalized spacial score (nSPS) is 10.9. The van der Waals surface area contributed by atoms with Crippen LogP contribution in [0.5, 0.6) is 0 Å². The van der Waals surface area contributed by atoms with E-state index >= 15 is 0 Å². The number of fused-ring (bicyclic) bond motifs is 1. The molecule has 108 valence electrons. The lowest BCUT2D eigenvalue weighted by Gasteiger charge is -2.10. The summed E-state index contributed by atoms with van der Waals surface area (Å²) < 4.78 is 2.26. The molecule has 0 bridgehead atoms. The molecule has 3 nitrogen and oxygen atoms in total. The first kappa shape index (κ1) is 13.7. The summed E-state index contributed by atoms with van der Waals surface area (Å²) in [5, 5.41) is 3.48. The van der Waals surface area contributed by atoms with E-state index in [0.717, 1.165) is 31.0 Å². The molecular formula is C18H21N3. The first-order chi connectivity index (χ1) is 10.4. The molecule has 0 aliphatic rings. The summed E-state index contributed by atoms with van der Waals surface area (Å²) in [6.45, 7) is 4.01.